The summed E-state index contributed by atoms with van der Waals surface area (Å²) in [5, 5.41) is 11.0. The quantitative estimate of drug-likeness (QED) is 0.758. The molecule has 5 nitrogen and oxygen atoms in total. The molecule has 0 aliphatic rings. The van der Waals surface area contributed by atoms with Gasteiger partial charge in [-0.3, -0.25) is 4.79 Å². The second-order valence-corrected chi connectivity index (χ2v) is 4.87. The molecule has 1 aromatic carbocycles. The van der Waals surface area contributed by atoms with E-state index in [1.54, 1.807) is 0 Å². The number of sulfone groups is 1. The number of hydrogen-bond donors (Lipinski definition) is 1. The highest BCUT2D eigenvalue weighted by Crippen LogP contribution is 2.19. The van der Waals surface area contributed by atoms with Crippen molar-refractivity contribution in [2.75, 3.05) is 11.6 Å². The minimum Gasteiger partial charge on any atom is -0.328 e. The summed E-state index contributed by atoms with van der Waals surface area (Å²) in [6, 6.07) is 5.74. The molecule has 1 aromatic rings. The zero-order chi connectivity index (χ0) is 11.5. The molecule has 0 spiro atoms. The molecule has 0 heterocycles. The Bertz CT molecular complexity index is 529. The summed E-state index contributed by atoms with van der Waals surface area (Å²) >= 11 is 0. The van der Waals surface area contributed by atoms with E-state index >= 15 is 0 Å². The third-order valence-electron chi connectivity index (χ3n) is 1.75. The predicted molar refractivity (Wildman–Crippen MR) is 54.0 cm³/mol. The van der Waals surface area contributed by atoms with E-state index in [9.17, 15) is 13.2 Å². The molecule has 1 amide bonds. The maximum absolute atomic E-state index is 11.2. The first-order valence-corrected chi connectivity index (χ1v) is 5.82. The average molecular weight is 224 g/mol. The lowest BCUT2D eigenvalue weighted by Crippen LogP contribution is -2.01. The standard InChI is InChI=1S/C9H8N2O3S/c1-15(13,14)8-2-3-9(11-6-12)7(4-8)5-10/h2-4,6H,1H3,(H,11,12). The first kappa shape index (κ1) is 11.2. The van der Waals surface area contributed by atoms with Crippen LogP contribution in [-0.4, -0.2) is 21.1 Å². The molecule has 1 N–H and O–H groups in total. The van der Waals surface area contributed by atoms with Crippen molar-refractivity contribution >= 4 is 21.9 Å². The number of amides is 1. The lowest BCUT2D eigenvalue weighted by atomic mass is 10.2. The Morgan fingerprint density at radius 2 is 2.13 bits per heavy atom. The van der Waals surface area contributed by atoms with Crippen LogP contribution in [0.15, 0.2) is 23.1 Å². The van der Waals surface area contributed by atoms with E-state index in [0.29, 0.717) is 12.1 Å². The van der Waals surface area contributed by atoms with Crippen molar-refractivity contribution in [3.63, 3.8) is 0 Å². The van der Waals surface area contributed by atoms with Crippen molar-refractivity contribution in [2.45, 2.75) is 4.90 Å². The molecule has 0 aliphatic carbocycles. The van der Waals surface area contributed by atoms with Crippen LogP contribution in [0.3, 0.4) is 0 Å². The number of nitrogens with one attached hydrogen (secondary N) is 1. The molecule has 0 aromatic heterocycles. The zero-order valence-electron chi connectivity index (χ0n) is 7.89. The Kier molecular flexibility index (Phi) is 3.07. The number of carbonyl (C=O) groups is 1. The monoisotopic (exact) mass is 224 g/mol. The minimum atomic E-state index is -3.33. The summed E-state index contributed by atoms with van der Waals surface area (Å²) in [5.74, 6) is 0. The summed E-state index contributed by atoms with van der Waals surface area (Å²) in [7, 11) is -3.33. The van der Waals surface area contributed by atoms with Crippen LogP contribution in [0.25, 0.3) is 0 Å². The Morgan fingerprint density at radius 1 is 1.47 bits per heavy atom. The van der Waals surface area contributed by atoms with Crippen LogP contribution in [0.5, 0.6) is 0 Å². The second-order valence-electron chi connectivity index (χ2n) is 2.85. The predicted octanol–water partition coefficient (Wildman–Crippen LogP) is 0.530. The molecule has 0 bridgehead atoms. The van der Waals surface area contributed by atoms with Crippen LogP contribution in [0.1, 0.15) is 5.56 Å². The highest BCUT2D eigenvalue weighted by atomic mass is 32.2. The van der Waals surface area contributed by atoms with Crippen LogP contribution in [0.2, 0.25) is 0 Å². The van der Waals surface area contributed by atoms with E-state index in [4.69, 9.17) is 5.26 Å². The normalized spacial score (nSPS) is 10.4. The van der Waals surface area contributed by atoms with Crippen LogP contribution in [-0.2, 0) is 14.6 Å². The molecule has 6 heteroatoms. The van der Waals surface area contributed by atoms with E-state index in [-0.39, 0.29) is 10.5 Å². The molecule has 0 aliphatic heterocycles. The fraction of sp³-hybridized carbons (Fsp3) is 0.111. The van der Waals surface area contributed by atoms with E-state index in [0.717, 1.165) is 6.26 Å². The summed E-state index contributed by atoms with van der Waals surface area (Å²) in [6.45, 7) is 0. The molecule has 78 valence electrons. The molecule has 15 heavy (non-hydrogen) atoms. The van der Waals surface area contributed by atoms with E-state index in [1.165, 1.54) is 18.2 Å². The highest BCUT2D eigenvalue weighted by Gasteiger charge is 2.10. The van der Waals surface area contributed by atoms with Gasteiger partial charge in [-0.25, -0.2) is 8.42 Å². The summed E-state index contributed by atoms with van der Waals surface area (Å²) in [6.07, 6.45) is 1.48. The van der Waals surface area contributed by atoms with Gasteiger partial charge < -0.3 is 5.32 Å². The van der Waals surface area contributed by atoms with Crippen LogP contribution >= 0.6 is 0 Å². The van der Waals surface area contributed by atoms with Gasteiger partial charge in [0.2, 0.25) is 6.41 Å². The topological polar surface area (TPSA) is 87.0 Å². The van der Waals surface area contributed by atoms with Gasteiger partial charge in [-0.05, 0) is 18.2 Å². The SMILES string of the molecule is CS(=O)(=O)c1ccc(NC=O)c(C#N)c1. The molecule has 0 radical (unpaired) electrons. The van der Waals surface area contributed by atoms with Crippen LogP contribution in [0.4, 0.5) is 5.69 Å². The van der Waals surface area contributed by atoms with Gasteiger partial charge in [0.1, 0.15) is 6.07 Å². The third-order valence-corrected chi connectivity index (χ3v) is 2.86. The molecule has 0 atom stereocenters. The summed E-state index contributed by atoms with van der Waals surface area (Å²) in [5.41, 5.74) is 0.407. The number of hydrogen-bond acceptors (Lipinski definition) is 4. The highest BCUT2D eigenvalue weighted by molar-refractivity contribution is 7.90. The molecular weight excluding hydrogens is 216 g/mol. The largest absolute Gasteiger partial charge is 0.328 e. The molecule has 1 rings (SSSR count). The number of anilines is 1. The molecule has 0 fully saturated rings. The Labute approximate surface area is 87.3 Å². The number of carbonyl (C=O) groups excluding carboxylic acids is 1. The maximum Gasteiger partial charge on any atom is 0.211 e. The Balaban J connectivity index is 3.33. The Morgan fingerprint density at radius 3 is 2.60 bits per heavy atom. The lowest BCUT2D eigenvalue weighted by Gasteiger charge is -2.03. The van der Waals surface area contributed by atoms with Crippen molar-refractivity contribution in [1.29, 1.82) is 5.26 Å². The van der Waals surface area contributed by atoms with Gasteiger partial charge in [0.05, 0.1) is 16.1 Å². The fourth-order valence-corrected chi connectivity index (χ4v) is 1.68. The maximum atomic E-state index is 11.2. The lowest BCUT2D eigenvalue weighted by molar-refractivity contribution is -0.105. The Hall–Kier alpha value is -1.87. The van der Waals surface area contributed by atoms with Crippen molar-refractivity contribution in [2.24, 2.45) is 0 Å². The summed E-state index contributed by atoms with van der Waals surface area (Å²) in [4.78, 5) is 10.2. The van der Waals surface area contributed by atoms with Gasteiger partial charge in [0, 0.05) is 6.26 Å². The second kappa shape index (κ2) is 4.11. The molecule has 0 saturated heterocycles. The fourth-order valence-electron chi connectivity index (χ4n) is 1.04. The number of nitriles is 1. The van der Waals surface area contributed by atoms with Gasteiger partial charge in [-0.15, -0.1) is 0 Å². The van der Waals surface area contributed by atoms with Gasteiger partial charge in [-0.1, -0.05) is 0 Å². The average Bonchev–Trinajstić information content (AvgIpc) is 2.17. The molecule has 0 unspecified atom stereocenters. The van der Waals surface area contributed by atoms with Crippen molar-refractivity contribution < 1.29 is 13.2 Å². The first-order chi connectivity index (χ1) is 6.99. The number of rotatable bonds is 3. The summed E-state index contributed by atoms with van der Waals surface area (Å²) < 4.78 is 22.3. The van der Waals surface area contributed by atoms with Gasteiger partial charge in [0.25, 0.3) is 0 Å². The van der Waals surface area contributed by atoms with Gasteiger partial charge >= 0.3 is 0 Å². The zero-order valence-corrected chi connectivity index (χ0v) is 8.71. The van der Waals surface area contributed by atoms with Crippen molar-refractivity contribution in [3.8, 4) is 6.07 Å². The van der Waals surface area contributed by atoms with Crippen molar-refractivity contribution in [1.82, 2.24) is 0 Å². The van der Waals surface area contributed by atoms with Crippen LogP contribution in [0, 0.1) is 11.3 Å². The van der Waals surface area contributed by atoms with Gasteiger partial charge in [-0.2, -0.15) is 5.26 Å². The van der Waals surface area contributed by atoms with Crippen molar-refractivity contribution in [3.05, 3.63) is 23.8 Å². The third kappa shape index (κ3) is 2.54. The molecule has 0 saturated carbocycles. The van der Waals surface area contributed by atoms with E-state index in [2.05, 4.69) is 5.32 Å². The number of benzene rings is 1. The molecular formula is C9H8N2O3S. The smallest absolute Gasteiger partial charge is 0.211 e. The number of nitrogens with zero attached hydrogens (tertiary/aromatic N) is 1. The minimum absolute atomic E-state index is 0.0514. The van der Waals surface area contributed by atoms with E-state index < -0.39 is 9.84 Å². The van der Waals surface area contributed by atoms with Gasteiger partial charge in [0.15, 0.2) is 9.84 Å². The first-order valence-electron chi connectivity index (χ1n) is 3.93. The van der Waals surface area contributed by atoms with Crippen LogP contribution < -0.4 is 5.32 Å². The van der Waals surface area contributed by atoms with E-state index in [1.807, 2.05) is 6.07 Å².